The van der Waals surface area contributed by atoms with Crippen molar-refractivity contribution in [1.82, 2.24) is 19.8 Å². The van der Waals surface area contributed by atoms with Gasteiger partial charge in [0.1, 0.15) is 18.2 Å². The van der Waals surface area contributed by atoms with Gasteiger partial charge >= 0.3 is 6.03 Å². The van der Waals surface area contributed by atoms with Crippen LogP contribution in [-0.2, 0) is 6.54 Å². The number of benzene rings is 1. The van der Waals surface area contributed by atoms with E-state index in [0.29, 0.717) is 32.0 Å². The third-order valence-corrected chi connectivity index (χ3v) is 3.04. The minimum Gasteiger partial charge on any atom is -0.492 e. The van der Waals surface area contributed by atoms with Gasteiger partial charge in [-0.3, -0.25) is 0 Å². The summed E-state index contributed by atoms with van der Waals surface area (Å²) < 4.78 is 20.3. The van der Waals surface area contributed by atoms with Crippen molar-refractivity contribution in [2.75, 3.05) is 26.7 Å². The zero-order valence-corrected chi connectivity index (χ0v) is 12.4. The number of hydrogen-bond acceptors (Lipinski definition) is 3. The molecule has 1 aromatic heterocycles. The van der Waals surface area contributed by atoms with E-state index in [1.165, 1.54) is 17.0 Å². The van der Waals surface area contributed by atoms with Gasteiger partial charge < -0.3 is 19.5 Å². The van der Waals surface area contributed by atoms with E-state index in [1.807, 2.05) is 10.8 Å². The molecule has 0 unspecified atom stereocenters. The van der Waals surface area contributed by atoms with Gasteiger partial charge in [0.05, 0.1) is 12.9 Å². The Kier molecular flexibility index (Phi) is 5.76. The molecule has 0 aliphatic carbocycles. The predicted molar refractivity (Wildman–Crippen MR) is 80.2 cm³/mol. The van der Waals surface area contributed by atoms with Crippen molar-refractivity contribution in [3.63, 3.8) is 0 Å². The highest BCUT2D eigenvalue weighted by molar-refractivity contribution is 5.73. The largest absolute Gasteiger partial charge is 0.492 e. The Hall–Kier alpha value is -2.57. The Morgan fingerprint density at radius 2 is 2.36 bits per heavy atom. The maximum atomic E-state index is 13.0. The lowest BCUT2D eigenvalue weighted by molar-refractivity contribution is 0.195. The molecule has 0 saturated heterocycles. The summed E-state index contributed by atoms with van der Waals surface area (Å²) in [6, 6.07) is 5.74. The maximum absolute atomic E-state index is 13.0. The van der Waals surface area contributed by atoms with Crippen LogP contribution >= 0.6 is 0 Å². The van der Waals surface area contributed by atoms with Crippen LogP contribution in [0.25, 0.3) is 0 Å². The monoisotopic (exact) mass is 306 g/mol. The van der Waals surface area contributed by atoms with Crippen LogP contribution in [-0.4, -0.2) is 47.2 Å². The van der Waals surface area contributed by atoms with Crippen LogP contribution in [0.4, 0.5) is 9.18 Å². The molecular formula is C15H19FN4O2. The first-order chi connectivity index (χ1) is 10.6. The van der Waals surface area contributed by atoms with Gasteiger partial charge in [-0.25, -0.2) is 14.2 Å². The van der Waals surface area contributed by atoms with E-state index >= 15 is 0 Å². The molecule has 0 aliphatic heterocycles. The van der Waals surface area contributed by atoms with E-state index in [0.717, 1.165) is 0 Å². The first kappa shape index (κ1) is 15.8. The molecule has 0 radical (unpaired) electrons. The van der Waals surface area contributed by atoms with Crippen molar-refractivity contribution in [1.29, 1.82) is 0 Å². The molecule has 1 aromatic carbocycles. The van der Waals surface area contributed by atoms with E-state index in [4.69, 9.17) is 4.74 Å². The van der Waals surface area contributed by atoms with Crippen molar-refractivity contribution in [3.05, 3.63) is 48.8 Å². The van der Waals surface area contributed by atoms with Crippen LogP contribution in [0.3, 0.4) is 0 Å². The predicted octanol–water partition coefficient (Wildman–Crippen LogP) is 1.74. The third-order valence-electron chi connectivity index (χ3n) is 3.04. The van der Waals surface area contributed by atoms with Crippen LogP contribution in [0, 0.1) is 5.82 Å². The molecule has 0 fully saturated rings. The van der Waals surface area contributed by atoms with E-state index in [2.05, 4.69) is 10.3 Å². The second-order valence-corrected chi connectivity index (χ2v) is 4.76. The molecule has 0 atom stereocenters. The number of carbonyl (C=O) groups is 1. The van der Waals surface area contributed by atoms with Crippen molar-refractivity contribution >= 4 is 6.03 Å². The molecule has 22 heavy (non-hydrogen) atoms. The number of aromatic nitrogens is 2. The molecule has 1 N–H and O–H groups in total. The fourth-order valence-electron chi connectivity index (χ4n) is 1.80. The molecule has 2 amide bonds. The third kappa shape index (κ3) is 5.08. The van der Waals surface area contributed by atoms with Crippen LogP contribution in [0.15, 0.2) is 43.0 Å². The number of amides is 2. The quantitative estimate of drug-likeness (QED) is 0.847. The summed E-state index contributed by atoms with van der Waals surface area (Å²) in [5, 5.41) is 2.80. The zero-order valence-electron chi connectivity index (χ0n) is 12.4. The molecule has 6 nitrogen and oxygen atoms in total. The highest BCUT2D eigenvalue weighted by atomic mass is 19.1. The van der Waals surface area contributed by atoms with E-state index < -0.39 is 0 Å². The summed E-state index contributed by atoms with van der Waals surface area (Å²) in [7, 11) is 1.68. The molecular weight excluding hydrogens is 287 g/mol. The number of urea groups is 1. The van der Waals surface area contributed by atoms with Crippen LogP contribution in [0.5, 0.6) is 5.75 Å². The van der Waals surface area contributed by atoms with Gasteiger partial charge in [-0.05, 0) is 12.1 Å². The SMILES string of the molecule is CN(CCOc1cccc(F)c1)C(=O)NCCn1ccnc1. The lowest BCUT2D eigenvalue weighted by Gasteiger charge is -2.18. The fraction of sp³-hybridized carbons (Fsp3) is 0.333. The van der Waals surface area contributed by atoms with Gasteiger partial charge in [-0.2, -0.15) is 0 Å². The molecule has 1 heterocycles. The lowest BCUT2D eigenvalue weighted by Crippen LogP contribution is -2.40. The summed E-state index contributed by atoms with van der Waals surface area (Å²) in [5.41, 5.74) is 0. The van der Waals surface area contributed by atoms with Crippen molar-refractivity contribution in [3.8, 4) is 5.75 Å². The van der Waals surface area contributed by atoms with Crippen molar-refractivity contribution in [2.24, 2.45) is 0 Å². The Labute approximate surface area is 128 Å². The first-order valence-corrected chi connectivity index (χ1v) is 6.98. The summed E-state index contributed by atoms with van der Waals surface area (Å²) in [6.07, 6.45) is 5.23. The lowest BCUT2D eigenvalue weighted by atomic mass is 10.3. The maximum Gasteiger partial charge on any atom is 0.317 e. The van der Waals surface area contributed by atoms with E-state index in [-0.39, 0.29) is 11.8 Å². The number of carbonyl (C=O) groups excluding carboxylic acids is 1. The van der Waals surface area contributed by atoms with Crippen LogP contribution < -0.4 is 10.1 Å². The molecule has 7 heteroatoms. The molecule has 0 aliphatic rings. The van der Waals surface area contributed by atoms with Crippen molar-refractivity contribution in [2.45, 2.75) is 6.54 Å². The Balaban J connectivity index is 1.63. The van der Waals surface area contributed by atoms with Gasteiger partial charge in [-0.15, -0.1) is 0 Å². The van der Waals surface area contributed by atoms with Crippen LogP contribution in [0.2, 0.25) is 0 Å². The molecule has 2 aromatic rings. The second kappa shape index (κ2) is 8.02. The fourth-order valence-corrected chi connectivity index (χ4v) is 1.80. The smallest absolute Gasteiger partial charge is 0.317 e. The normalized spacial score (nSPS) is 10.3. The number of hydrogen-bond donors (Lipinski definition) is 1. The number of imidazole rings is 1. The minimum absolute atomic E-state index is 0.178. The molecule has 0 spiro atoms. The van der Waals surface area contributed by atoms with Gasteiger partial charge in [0.25, 0.3) is 0 Å². The number of halogens is 1. The minimum atomic E-state index is -0.344. The van der Waals surface area contributed by atoms with Crippen LogP contribution in [0.1, 0.15) is 0 Å². The summed E-state index contributed by atoms with van der Waals surface area (Å²) in [4.78, 5) is 17.3. The van der Waals surface area contributed by atoms with E-state index in [9.17, 15) is 9.18 Å². The van der Waals surface area contributed by atoms with Crippen molar-refractivity contribution < 1.29 is 13.9 Å². The van der Waals surface area contributed by atoms with Gasteiger partial charge in [-0.1, -0.05) is 6.07 Å². The number of ether oxygens (including phenoxy) is 1. The number of likely N-dealkylation sites (N-methyl/N-ethyl adjacent to an activating group) is 1. The summed E-state index contributed by atoms with van der Waals surface area (Å²) >= 11 is 0. The molecule has 118 valence electrons. The highest BCUT2D eigenvalue weighted by Gasteiger charge is 2.07. The summed E-state index contributed by atoms with van der Waals surface area (Å²) in [6.45, 7) is 1.89. The van der Waals surface area contributed by atoms with Gasteiger partial charge in [0.2, 0.25) is 0 Å². The average Bonchev–Trinajstić information content (AvgIpc) is 3.00. The Morgan fingerprint density at radius 3 is 3.09 bits per heavy atom. The molecule has 2 rings (SSSR count). The molecule has 0 saturated carbocycles. The Morgan fingerprint density at radius 1 is 1.50 bits per heavy atom. The number of nitrogens with zero attached hydrogens (tertiary/aromatic N) is 3. The standard InChI is InChI=1S/C15H19FN4O2/c1-19(9-10-22-14-4-2-3-13(16)11-14)15(21)18-6-8-20-7-5-17-12-20/h2-5,7,11-12H,6,8-10H2,1H3,(H,18,21). The molecule has 0 bridgehead atoms. The number of rotatable bonds is 7. The average molecular weight is 306 g/mol. The first-order valence-electron chi connectivity index (χ1n) is 6.98. The second-order valence-electron chi connectivity index (χ2n) is 4.76. The topological polar surface area (TPSA) is 59.4 Å². The Bertz CT molecular complexity index is 589. The highest BCUT2D eigenvalue weighted by Crippen LogP contribution is 2.11. The van der Waals surface area contributed by atoms with Gasteiger partial charge in [0, 0.05) is 38.6 Å². The zero-order chi connectivity index (χ0) is 15.8. The summed E-state index contributed by atoms with van der Waals surface area (Å²) in [5.74, 6) is 0.108. The number of nitrogens with one attached hydrogen (secondary N) is 1. The van der Waals surface area contributed by atoms with Gasteiger partial charge in [0.15, 0.2) is 0 Å². The van der Waals surface area contributed by atoms with E-state index in [1.54, 1.807) is 31.7 Å².